The van der Waals surface area contributed by atoms with Crippen molar-refractivity contribution in [2.24, 2.45) is 0 Å². The monoisotopic (exact) mass is 252 g/mol. The first-order chi connectivity index (χ1) is 8.08. The molecule has 17 heavy (non-hydrogen) atoms. The fourth-order valence-electron chi connectivity index (χ4n) is 1.75. The Balaban J connectivity index is 2.06. The van der Waals surface area contributed by atoms with Gasteiger partial charge in [-0.2, -0.15) is 0 Å². The zero-order valence-electron chi connectivity index (χ0n) is 9.88. The molecule has 1 aliphatic rings. The van der Waals surface area contributed by atoms with Gasteiger partial charge in [0.25, 0.3) is 0 Å². The maximum Gasteiger partial charge on any atom is 0.321 e. The van der Waals surface area contributed by atoms with E-state index in [1.807, 2.05) is 43.3 Å². The first-order valence-electron chi connectivity index (χ1n) is 5.45. The van der Waals surface area contributed by atoms with Crippen LogP contribution in [-0.4, -0.2) is 37.0 Å². The maximum absolute atomic E-state index is 10.8. The van der Waals surface area contributed by atoms with Gasteiger partial charge < -0.3 is 10.0 Å². The molecule has 0 saturated carbocycles. The van der Waals surface area contributed by atoms with Gasteiger partial charge in [0, 0.05) is 25.5 Å². The van der Waals surface area contributed by atoms with Gasteiger partial charge in [-0.25, -0.2) is 0 Å². The second-order valence-electron chi connectivity index (χ2n) is 4.26. The lowest BCUT2D eigenvalue weighted by molar-refractivity contribution is -0.138. The van der Waals surface area contributed by atoms with Crippen molar-refractivity contribution in [2.45, 2.75) is 11.4 Å². The molecule has 2 atom stereocenters. The Bertz CT molecular complexity index is 405. The number of rotatable bonds is 3. The number of benzene rings is 1. The van der Waals surface area contributed by atoms with Crippen LogP contribution in [0.3, 0.4) is 0 Å². The summed E-state index contributed by atoms with van der Waals surface area (Å²) in [6.07, 6.45) is 0. The fourth-order valence-corrected chi connectivity index (χ4v) is 2.99. The van der Waals surface area contributed by atoms with E-state index in [0.717, 1.165) is 11.3 Å². The Kier molecular flexibility index (Phi) is 3.59. The highest BCUT2D eigenvalue weighted by Gasteiger charge is 2.30. The minimum absolute atomic E-state index is 0.0901. The highest BCUT2D eigenvalue weighted by molar-refractivity contribution is 7.99. The van der Waals surface area contributed by atoms with Crippen molar-refractivity contribution >= 4 is 23.4 Å². The van der Waals surface area contributed by atoms with Crippen LogP contribution in [0.5, 0.6) is 0 Å². The lowest BCUT2D eigenvalue weighted by Crippen LogP contribution is -2.33. The van der Waals surface area contributed by atoms with Crippen molar-refractivity contribution < 1.29 is 9.90 Å². The predicted molar refractivity (Wildman–Crippen MR) is 70.5 cm³/mol. The molecule has 1 fully saturated rings. The highest BCUT2D eigenvalue weighted by Crippen LogP contribution is 2.33. The van der Waals surface area contributed by atoms with E-state index in [-0.39, 0.29) is 5.37 Å². The molecule has 1 heterocycles. The Hall–Kier alpha value is -1.20. The molecule has 0 aromatic heterocycles. The second kappa shape index (κ2) is 4.98. The molecule has 2 rings (SSSR count). The van der Waals surface area contributed by atoms with E-state index in [2.05, 4.69) is 5.32 Å². The molecule has 1 aromatic carbocycles. The van der Waals surface area contributed by atoms with Crippen molar-refractivity contribution in [1.29, 1.82) is 0 Å². The number of carboxylic acids is 1. The summed E-state index contributed by atoms with van der Waals surface area (Å²) in [5.41, 5.74) is 2.27. The SMILES string of the molecule is CN(C)c1ccc(C2N[C@@H](C(=O)O)CS2)cc1. The topological polar surface area (TPSA) is 52.6 Å². The minimum Gasteiger partial charge on any atom is -0.480 e. The van der Waals surface area contributed by atoms with Gasteiger partial charge in [0.2, 0.25) is 0 Å². The van der Waals surface area contributed by atoms with Crippen LogP contribution in [0, 0.1) is 0 Å². The van der Waals surface area contributed by atoms with Gasteiger partial charge in [-0.05, 0) is 17.7 Å². The smallest absolute Gasteiger partial charge is 0.321 e. The molecule has 0 radical (unpaired) electrons. The Morgan fingerprint density at radius 1 is 1.41 bits per heavy atom. The molecule has 4 nitrogen and oxygen atoms in total. The molecule has 1 saturated heterocycles. The molecule has 2 N–H and O–H groups in total. The number of nitrogens with one attached hydrogen (secondary N) is 1. The van der Waals surface area contributed by atoms with Gasteiger partial charge in [-0.15, -0.1) is 11.8 Å². The molecule has 1 aliphatic heterocycles. The average Bonchev–Trinajstić information content (AvgIpc) is 2.78. The summed E-state index contributed by atoms with van der Waals surface area (Å²) in [6, 6.07) is 7.75. The van der Waals surface area contributed by atoms with Crippen molar-refractivity contribution in [3.8, 4) is 0 Å². The standard InChI is InChI=1S/C12H16N2O2S/c1-14(2)9-5-3-8(4-6-9)11-13-10(7-17-11)12(15)16/h3-6,10-11,13H,7H2,1-2H3,(H,15,16)/t10-,11?/m1/s1. The third-order valence-electron chi connectivity index (χ3n) is 2.79. The van der Waals surface area contributed by atoms with Crippen LogP contribution in [0.25, 0.3) is 0 Å². The van der Waals surface area contributed by atoms with Gasteiger partial charge in [0.15, 0.2) is 0 Å². The lowest BCUT2D eigenvalue weighted by Gasteiger charge is -2.15. The molecular formula is C12H16N2O2S. The largest absolute Gasteiger partial charge is 0.480 e. The predicted octanol–water partition coefficient (Wildman–Crippen LogP) is 1.54. The van der Waals surface area contributed by atoms with E-state index in [9.17, 15) is 4.79 Å². The number of hydrogen-bond donors (Lipinski definition) is 2. The van der Waals surface area contributed by atoms with E-state index < -0.39 is 12.0 Å². The zero-order chi connectivity index (χ0) is 12.4. The van der Waals surface area contributed by atoms with E-state index in [0.29, 0.717) is 5.75 Å². The van der Waals surface area contributed by atoms with Gasteiger partial charge in [0.1, 0.15) is 6.04 Å². The number of thioether (sulfide) groups is 1. The van der Waals surface area contributed by atoms with Crippen LogP contribution < -0.4 is 10.2 Å². The molecule has 0 bridgehead atoms. The molecule has 92 valence electrons. The number of aliphatic carboxylic acids is 1. The fraction of sp³-hybridized carbons (Fsp3) is 0.417. The third-order valence-corrected chi connectivity index (χ3v) is 4.06. The third kappa shape index (κ3) is 2.73. The van der Waals surface area contributed by atoms with Crippen molar-refractivity contribution in [1.82, 2.24) is 5.32 Å². The number of anilines is 1. The first-order valence-corrected chi connectivity index (χ1v) is 6.50. The second-order valence-corrected chi connectivity index (χ2v) is 5.39. The maximum atomic E-state index is 10.8. The van der Waals surface area contributed by atoms with E-state index in [1.54, 1.807) is 11.8 Å². The molecule has 1 unspecified atom stereocenters. The number of nitrogens with zero attached hydrogens (tertiary/aromatic N) is 1. The van der Waals surface area contributed by atoms with Crippen LogP contribution in [0.2, 0.25) is 0 Å². The number of carbonyl (C=O) groups is 1. The van der Waals surface area contributed by atoms with Crippen LogP contribution in [0.15, 0.2) is 24.3 Å². The highest BCUT2D eigenvalue weighted by atomic mass is 32.2. The summed E-state index contributed by atoms with van der Waals surface area (Å²) in [5.74, 6) is -0.153. The summed E-state index contributed by atoms with van der Waals surface area (Å²) in [6.45, 7) is 0. The number of carboxylic acid groups (broad SMARTS) is 1. The molecule has 0 spiro atoms. The zero-order valence-corrected chi connectivity index (χ0v) is 10.7. The van der Waals surface area contributed by atoms with Gasteiger partial charge in [0.05, 0.1) is 5.37 Å². The number of hydrogen-bond acceptors (Lipinski definition) is 4. The average molecular weight is 252 g/mol. The summed E-state index contributed by atoms with van der Waals surface area (Å²) in [5, 5.41) is 12.1. The van der Waals surface area contributed by atoms with Crippen molar-refractivity contribution in [3.63, 3.8) is 0 Å². The molecule has 0 amide bonds. The summed E-state index contributed by atoms with van der Waals surface area (Å²) < 4.78 is 0. The minimum atomic E-state index is -0.773. The summed E-state index contributed by atoms with van der Waals surface area (Å²) >= 11 is 1.64. The van der Waals surface area contributed by atoms with Crippen molar-refractivity contribution in [3.05, 3.63) is 29.8 Å². The van der Waals surface area contributed by atoms with Crippen LogP contribution in [0.4, 0.5) is 5.69 Å². The van der Waals surface area contributed by atoms with E-state index >= 15 is 0 Å². The first kappa shape index (κ1) is 12.3. The molecule has 5 heteroatoms. The van der Waals surface area contributed by atoms with E-state index in [1.165, 1.54) is 0 Å². The Morgan fingerprint density at radius 2 is 2.06 bits per heavy atom. The van der Waals surface area contributed by atoms with Crippen LogP contribution >= 0.6 is 11.8 Å². The van der Waals surface area contributed by atoms with E-state index in [4.69, 9.17) is 5.11 Å². The van der Waals surface area contributed by atoms with Gasteiger partial charge in [-0.1, -0.05) is 12.1 Å². The van der Waals surface area contributed by atoms with Crippen molar-refractivity contribution in [2.75, 3.05) is 24.7 Å². The van der Waals surface area contributed by atoms with Crippen LogP contribution in [-0.2, 0) is 4.79 Å². The Morgan fingerprint density at radius 3 is 2.53 bits per heavy atom. The Labute approximate surface area is 105 Å². The van der Waals surface area contributed by atoms with Gasteiger partial charge in [-0.3, -0.25) is 10.1 Å². The molecule has 1 aromatic rings. The molecular weight excluding hydrogens is 236 g/mol. The van der Waals surface area contributed by atoms with Crippen LogP contribution in [0.1, 0.15) is 10.9 Å². The normalized spacial score (nSPS) is 23.6. The summed E-state index contributed by atoms with van der Waals surface area (Å²) in [7, 11) is 4.00. The molecule has 0 aliphatic carbocycles. The summed E-state index contributed by atoms with van der Waals surface area (Å²) in [4.78, 5) is 12.9. The quantitative estimate of drug-likeness (QED) is 0.854. The lowest BCUT2D eigenvalue weighted by atomic mass is 10.2. The van der Waals surface area contributed by atoms with Gasteiger partial charge >= 0.3 is 5.97 Å².